The third-order valence-electron chi connectivity index (χ3n) is 5.47. The van der Waals surface area contributed by atoms with Gasteiger partial charge >= 0.3 is 0 Å². The number of piperidine rings is 1. The molecule has 1 aliphatic rings. The first kappa shape index (κ1) is 17.9. The molecule has 0 amide bonds. The van der Waals surface area contributed by atoms with Gasteiger partial charge in [0.15, 0.2) is 0 Å². The molecule has 0 atom stereocenters. The zero-order chi connectivity index (χ0) is 19.0. The van der Waals surface area contributed by atoms with Crippen LogP contribution >= 0.6 is 0 Å². The SMILES string of the molecule is Cc1cc(-c2cn(C)nn2)cc2cc(NN(C)C3CCN(C)CC3)ncc12.[HH]. The molecule has 0 radical (unpaired) electrons. The van der Waals surface area contributed by atoms with Crippen molar-refractivity contribution in [2.75, 3.05) is 32.6 Å². The average Bonchev–Trinajstić information content (AvgIpc) is 3.08. The lowest BCUT2D eigenvalue weighted by Crippen LogP contribution is -2.44. The van der Waals surface area contributed by atoms with Crippen LogP contribution in [0.15, 0.2) is 30.6 Å². The van der Waals surface area contributed by atoms with E-state index in [-0.39, 0.29) is 1.43 Å². The van der Waals surface area contributed by atoms with E-state index in [4.69, 9.17) is 0 Å². The lowest BCUT2D eigenvalue weighted by atomic mass is 10.0. The molecular weight excluding hydrogens is 338 g/mol. The first-order valence-corrected chi connectivity index (χ1v) is 9.45. The maximum absolute atomic E-state index is 4.63. The molecule has 0 saturated carbocycles. The smallest absolute Gasteiger partial charge is 0.140 e. The third kappa shape index (κ3) is 3.79. The number of aromatic nitrogens is 4. The lowest BCUT2D eigenvalue weighted by molar-refractivity contribution is 0.164. The minimum atomic E-state index is 0. The van der Waals surface area contributed by atoms with E-state index in [1.54, 1.807) is 4.68 Å². The first-order chi connectivity index (χ1) is 13.0. The molecule has 1 aliphatic heterocycles. The van der Waals surface area contributed by atoms with Crippen molar-refractivity contribution in [1.29, 1.82) is 0 Å². The van der Waals surface area contributed by atoms with Crippen LogP contribution in [-0.2, 0) is 7.05 Å². The number of benzene rings is 1. The van der Waals surface area contributed by atoms with Gasteiger partial charge in [-0.15, -0.1) is 5.10 Å². The van der Waals surface area contributed by atoms with E-state index in [1.807, 2.05) is 19.4 Å². The molecule has 1 aromatic carbocycles. The molecule has 7 nitrogen and oxygen atoms in total. The maximum Gasteiger partial charge on any atom is 0.140 e. The number of fused-ring (bicyclic) bond motifs is 1. The van der Waals surface area contributed by atoms with Crippen molar-refractivity contribution in [1.82, 2.24) is 29.9 Å². The lowest BCUT2D eigenvalue weighted by Gasteiger charge is -2.35. The van der Waals surface area contributed by atoms with Crippen LogP contribution in [0.4, 0.5) is 5.82 Å². The van der Waals surface area contributed by atoms with Crippen molar-refractivity contribution in [3.05, 3.63) is 36.2 Å². The number of aryl methyl sites for hydroxylation is 2. The Balaban J connectivity index is 0.00000225. The molecule has 27 heavy (non-hydrogen) atoms. The minimum Gasteiger partial charge on any atom is -0.306 e. The monoisotopic (exact) mass is 367 g/mol. The number of hydrogen-bond donors (Lipinski definition) is 1. The van der Waals surface area contributed by atoms with Crippen molar-refractivity contribution in [2.45, 2.75) is 25.8 Å². The Labute approximate surface area is 161 Å². The average molecular weight is 368 g/mol. The van der Waals surface area contributed by atoms with E-state index in [0.717, 1.165) is 40.9 Å². The highest BCUT2D eigenvalue weighted by atomic mass is 15.5. The van der Waals surface area contributed by atoms with Crippen LogP contribution in [0.1, 0.15) is 19.8 Å². The highest BCUT2D eigenvalue weighted by Gasteiger charge is 2.20. The van der Waals surface area contributed by atoms with Crippen LogP contribution in [0.3, 0.4) is 0 Å². The van der Waals surface area contributed by atoms with E-state index >= 15 is 0 Å². The number of nitrogens with one attached hydrogen (secondary N) is 1. The summed E-state index contributed by atoms with van der Waals surface area (Å²) in [5.41, 5.74) is 6.63. The van der Waals surface area contributed by atoms with Crippen LogP contribution in [0, 0.1) is 6.92 Å². The minimum absolute atomic E-state index is 0. The third-order valence-corrected chi connectivity index (χ3v) is 5.47. The number of anilines is 1. The molecule has 4 rings (SSSR count). The Kier molecular flexibility index (Phi) is 4.80. The fraction of sp³-hybridized carbons (Fsp3) is 0.450. The highest BCUT2D eigenvalue weighted by molar-refractivity contribution is 5.90. The van der Waals surface area contributed by atoms with E-state index < -0.39 is 0 Å². The van der Waals surface area contributed by atoms with Gasteiger partial charge in [-0.05, 0) is 69.1 Å². The van der Waals surface area contributed by atoms with E-state index in [9.17, 15) is 0 Å². The Morgan fingerprint density at radius 2 is 1.96 bits per heavy atom. The maximum atomic E-state index is 4.63. The molecule has 3 heterocycles. The second-order valence-corrected chi connectivity index (χ2v) is 7.62. The molecule has 1 N–H and O–H groups in total. The van der Waals surface area contributed by atoms with Gasteiger partial charge in [0.1, 0.15) is 11.5 Å². The second-order valence-electron chi connectivity index (χ2n) is 7.62. The topological polar surface area (TPSA) is 62.1 Å². The first-order valence-electron chi connectivity index (χ1n) is 9.45. The molecule has 0 aliphatic carbocycles. The standard InChI is InChI=1S/C20H27N7.H2/c1-14-9-16(19-13-26(3)24-22-19)10-15-11-20(21-12-18(14)15)23-27(4)17-5-7-25(2)8-6-17;/h9-13,17H,5-8H2,1-4H3,(H,21,23);1H. The summed E-state index contributed by atoms with van der Waals surface area (Å²) in [6.07, 6.45) is 6.23. The summed E-state index contributed by atoms with van der Waals surface area (Å²) in [4.78, 5) is 7.01. The van der Waals surface area contributed by atoms with E-state index in [1.165, 1.54) is 18.4 Å². The summed E-state index contributed by atoms with van der Waals surface area (Å²) < 4.78 is 1.73. The van der Waals surface area contributed by atoms with Gasteiger partial charge in [0.25, 0.3) is 0 Å². The van der Waals surface area contributed by atoms with Crippen LogP contribution < -0.4 is 5.43 Å². The van der Waals surface area contributed by atoms with Crippen LogP contribution in [-0.4, -0.2) is 63.1 Å². The molecular formula is C20H29N7. The summed E-state index contributed by atoms with van der Waals surface area (Å²) in [7, 11) is 6.18. The summed E-state index contributed by atoms with van der Waals surface area (Å²) in [6, 6.07) is 6.96. The molecule has 0 spiro atoms. The van der Waals surface area contributed by atoms with Crippen molar-refractivity contribution in [2.24, 2.45) is 7.05 Å². The van der Waals surface area contributed by atoms with Gasteiger partial charge in [-0.2, -0.15) is 0 Å². The fourth-order valence-corrected chi connectivity index (χ4v) is 3.78. The van der Waals surface area contributed by atoms with Gasteiger partial charge in [-0.1, -0.05) is 5.21 Å². The van der Waals surface area contributed by atoms with Crippen molar-refractivity contribution < 1.29 is 1.43 Å². The molecule has 0 unspecified atom stereocenters. The largest absolute Gasteiger partial charge is 0.306 e. The van der Waals surface area contributed by atoms with E-state index in [0.29, 0.717) is 6.04 Å². The van der Waals surface area contributed by atoms with Crippen LogP contribution in [0.25, 0.3) is 22.0 Å². The number of hydrazine groups is 1. The van der Waals surface area contributed by atoms with Gasteiger partial charge in [0, 0.05) is 38.7 Å². The van der Waals surface area contributed by atoms with Crippen molar-refractivity contribution >= 4 is 16.6 Å². The van der Waals surface area contributed by atoms with Crippen LogP contribution in [0.5, 0.6) is 0 Å². The Bertz CT molecular complexity index is 947. The summed E-state index contributed by atoms with van der Waals surface area (Å²) in [6.45, 7) is 4.40. The Morgan fingerprint density at radius 1 is 1.19 bits per heavy atom. The van der Waals surface area contributed by atoms with E-state index in [2.05, 4.69) is 69.8 Å². The van der Waals surface area contributed by atoms with Gasteiger partial charge in [0.2, 0.25) is 0 Å². The zero-order valence-corrected chi connectivity index (χ0v) is 16.5. The van der Waals surface area contributed by atoms with Gasteiger partial charge in [-0.3, -0.25) is 4.68 Å². The predicted octanol–water partition coefficient (Wildman–Crippen LogP) is 2.94. The summed E-state index contributed by atoms with van der Waals surface area (Å²) >= 11 is 0. The molecule has 2 aromatic heterocycles. The fourth-order valence-electron chi connectivity index (χ4n) is 3.78. The van der Waals surface area contributed by atoms with Crippen LogP contribution in [0.2, 0.25) is 0 Å². The van der Waals surface area contributed by atoms with Crippen molar-refractivity contribution in [3.8, 4) is 11.3 Å². The second kappa shape index (κ2) is 7.25. The van der Waals surface area contributed by atoms with Gasteiger partial charge in [0.05, 0.1) is 6.20 Å². The molecule has 0 bridgehead atoms. The molecule has 7 heteroatoms. The number of rotatable bonds is 4. The van der Waals surface area contributed by atoms with Gasteiger partial charge in [-0.25, -0.2) is 9.99 Å². The zero-order valence-electron chi connectivity index (χ0n) is 16.5. The Hall–Kier alpha value is -2.51. The normalized spacial score (nSPS) is 16.3. The number of pyridine rings is 1. The number of nitrogens with zero attached hydrogens (tertiary/aromatic N) is 6. The molecule has 1 fully saturated rings. The summed E-state index contributed by atoms with van der Waals surface area (Å²) in [5, 5.41) is 12.8. The number of hydrogen-bond acceptors (Lipinski definition) is 6. The summed E-state index contributed by atoms with van der Waals surface area (Å²) in [5.74, 6) is 0.875. The molecule has 3 aromatic rings. The molecule has 144 valence electrons. The van der Waals surface area contributed by atoms with Crippen molar-refractivity contribution in [3.63, 3.8) is 0 Å². The molecule has 1 saturated heterocycles. The van der Waals surface area contributed by atoms with Gasteiger partial charge < -0.3 is 10.3 Å². The highest BCUT2D eigenvalue weighted by Crippen LogP contribution is 2.27. The number of likely N-dealkylation sites (tertiary alicyclic amines) is 1. The Morgan fingerprint density at radius 3 is 2.67 bits per heavy atom. The predicted molar refractivity (Wildman–Crippen MR) is 110 cm³/mol. The quantitative estimate of drug-likeness (QED) is 0.716.